The summed E-state index contributed by atoms with van der Waals surface area (Å²) in [7, 11) is 1.85. The molecule has 0 spiro atoms. The van der Waals surface area contributed by atoms with E-state index in [0.717, 1.165) is 5.56 Å². The number of hydrogen-bond donors (Lipinski definition) is 1. The molecule has 0 saturated heterocycles. The third-order valence-electron chi connectivity index (χ3n) is 3.66. The molecular weight excluding hydrogens is 302 g/mol. The van der Waals surface area contributed by atoms with E-state index in [9.17, 15) is 4.79 Å². The summed E-state index contributed by atoms with van der Waals surface area (Å²) in [5.74, 6) is -0.950. The molecule has 0 amide bonds. The molecule has 0 saturated carbocycles. The second-order valence-corrected chi connectivity index (χ2v) is 6.80. The van der Waals surface area contributed by atoms with E-state index in [4.69, 9.17) is 5.11 Å². The first-order chi connectivity index (χ1) is 11.3. The van der Waals surface area contributed by atoms with Crippen LogP contribution in [-0.2, 0) is 12.0 Å². The van der Waals surface area contributed by atoms with E-state index in [0.29, 0.717) is 12.2 Å². The van der Waals surface area contributed by atoms with Gasteiger partial charge in [-0.1, -0.05) is 50.3 Å². The molecule has 126 valence electrons. The summed E-state index contributed by atoms with van der Waals surface area (Å²) in [4.78, 5) is 10.8. The fourth-order valence-corrected chi connectivity index (χ4v) is 2.20. The molecule has 24 heavy (non-hydrogen) atoms. The zero-order chi connectivity index (χ0) is 17.7. The van der Waals surface area contributed by atoms with Gasteiger partial charge < -0.3 is 5.11 Å². The van der Waals surface area contributed by atoms with Crippen molar-refractivity contribution >= 4 is 11.7 Å². The van der Waals surface area contributed by atoms with Crippen molar-refractivity contribution in [2.45, 2.75) is 32.7 Å². The summed E-state index contributed by atoms with van der Waals surface area (Å²) in [6.45, 7) is 7.23. The highest BCUT2D eigenvalue weighted by Crippen LogP contribution is 2.22. The van der Waals surface area contributed by atoms with Gasteiger partial charge in [0.15, 0.2) is 0 Å². The van der Waals surface area contributed by atoms with Crippen molar-refractivity contribution in [3.63, 3.8) is 0 Å². The third-order valence-corrected chi connectivity index (χ3v) is 3.66. The Morgan fingerprint density at radius 3 is 2.12 bits per heavy atom. The van der Waals surface area contributed by atoms with Crippen LogP contribution in [0.2, 0.25) is 0 Å². The highest BCUT2D eigenvalue weighted by Gasteiger charge is 2.12. The van der Waals surface area contributed by atoms with Crippen LogP contribution in [0.15, 0.2) is 58.9 Å². The van der Waals surface area contributed by atoms with E-state index >= 15 is 0 Å². The van der Waals surface area contributed by atoms with Crippen LogP contribution in [0.25, 0.3) is 0 Å². The molecule has 0 aliphatic carbocycles. The molecule has 0 unspecified atom stereocenters. The van der Waals surface area contributed by atoms with Crippen LogP contribution < -0.4 is 0 Å². The van der Waals surface area contributed by atoms with Crippen LogP contribution in [0, 0.1) is 0 Å². The van der Waals surface area contributed by atoms with Gasteiger partial charge in [0.25, 0.3) is 0 Å². The van der Waals surface area contributed by atoms with E-state index in [1.54, 1.807) is 17.1 Å². The Kier molecular flexibility index (Phi) is 5.34. The van der Waals surface area contributed by atoms with Gasteiger partial charge in [0, 0.05) is 7.05 Å². The Morgan fingerprint density at radius 2 is 1.62 bits per heavy atom. The van der Waals surface area contributed by atoms with Crippen LogP contribution in [0.5, 0.6) is 0 Å². The van der Waals surface area contributed by atoms with Crippen molar-refractivity contribution in [2.75, 3.05) is 7.05 Å². The molecule has 0 fully saturated rings. The van der Waals surface area contributed by atoms with Crippen molar-refractivity contribution in [2.24, 2.45) is 10.3 Å². The second-order valence-electron chi connectivity index (χ2n) is 6.80. The molecule has 5 heteroatoms. The van der Waals surface area contributed by atoms with Crippen LogP contribution in [0.1, 0.15) is 42.3 Å². The summed E-state index contributed by atoms with van der Waals surface area (Å²) in [6.07, 6.45) is 0. The van der Waals surface area contributed by atoms with Crippen molar-refractivity contribution in [3.8, 4) is 0 Å². The molecule has 0 atom stereocenters. The number of rotatable bonds is 5. The Morgan fingerprint density at radius 1 is 1.04 bits per heavy atom. The van der Waals surface area contributed by atoms with Gasteiger partial charge in [0.05, 0.1) is 17.8 Å². The van der Waals surface area contributed by atoms with E-state index in [1.807, 2.05) is 7.05 Å². The summed E-state index contributed by atoms with van der Waals surface area (Å²) in [5.41, 5.74) is 3.46. The molecule has 1 N–H and O–H groups in total. The fourth-order valence-electron chi connectivity index (χ4n) is 2.20. The molecule has 0 heterocycles. The summed E-state index contributed by atoms with van der Waals surface area (Å²) < 4.78 is 0. The molecule has 0 radical (unpaired) electrons. The number of nitrogens with zero attached hydrogens (tertiary/aromatic N) is 3. The number of carboxylic acid groups (broad SMARTS) is 1. The zero-order valence-electron chi connectivity index (χ0n) is 14.5. The number of aromatic carboxylic acids is 1. The normalized spacial score (nSPS) is 11.7. The maximum atomic E-state index is 10.8. The van der Waals surface area contributed by atoms with Gasteiger partial charge in [0.2, 0.25) is 0 Å². The van der Waals surface area contributed by atoms with Crippen LogP contribution in [0.4, 0.5) is 5.69 Å². The number of hydrogen-bond acceptors (Lipinski definition) is 3. The topological polar surface area (TPSA) is 65.3 Å². The number of benzene rings is 2. The van der Waals surface area contributed by atoms with E-state index in [-0.39, 0.29) is 11.0 Å². The Hall–Kier alpha value is -2.69. The minimum absolute atomic E-state index is 0.145. The summed E-state index contributed by atoms with van der Waals surface area (Å²) in [6, 6.07) is 14.8. The minimum atomic E-state index is -0.950. The van der Waals surface area contributed by atoms with E-state index in [1.165, 1.54) is 17.7 Å². The molecular formula is C19H23N3O2. The molecule has 2 rings (SSSR count). The van der Waals surface area contributed by atoms with Gasteiger partial charge in [-0.25, -0.2) is 4.79 Å². The maximum absolute atomic E-state index is 10.8. The highest BCUT2D eigenvalue weighted by molar-refractivity contribution is 5.87. The lowest BCUT2D eigenvalue weighted by Crippen LogP contribution is -2.12. The van der Waals surface area contributed by atoms with Crippen LogP contribution >= 0.6 is 0 Å². The van der Waals surface area contributed by atoms with Crippen LogP contribution in [-0.4, -0.2) is 23.1 Å². The van der Waals surface area contributed by atoms with Crippen molar-refractivity contribution < 1.29 is 9.90 Å². The lowest BCUT2D eigenvalue weighted by molar-refractivity contribution is 0.0697. The maximum Gasteiger partial charge on any atom is 0.335 e. The third kappa shape index (κ3) is 4.91. The van der Waals surface area contributed by atoms with Gasteiger partial charge in [-0.2, -0.15) is 0 Å². The average Bonchev–Trinajstić information content (AvgIpc) is 2.53. The summed E-state index contributed by atoms with van der Waals surface area (Å²) in [5, 5.41) is 18.9. The van der Waals surface area contributed by atoms with Gasteiger partial charge in [-0.3, -0.25) is 5.01 Å². The van der Waals surface area contributed by atoms with Crippen molar-refractivity contribution in [1.29, 1.82) is 0 Å². The Bertz CT molecular complexity index is 714. The number of carbonyl (C=O) groups is 1. The smallest absolute Gasteiger partial charge is 0.335 e. The monoisotopic (exact) mass is 325 g/mol. The highest BCUT2D eigenvalue weighted by atomic mass is 16.4. The van der Waals surface area contributed by atoms with Crippen molar-refractivity contribution in [3.05, 3.63) is 65.2 Å². The zero-order valence-corrected chi connectivity index (χ0v) is 14.5. The standard InChI is InChI=1S/C19H23N3O2/c1-19(2,3)16-9-5-14(6-10-16)13-22(4)21-20-17-11-7-15(8-12-17)18(23)24/h5-12H,13H2,1-4H3,(H,23,24). The molecule has 2 aromatic rings. The lowest BCUT2D eigenvalue weighted by atomic mass is 9.87. The second kappa shape index (κ2) is 7.25. The quantitative estimate of drug-likeness (QED) is 0.633. The van der Waals surface area contributed by atoms with E-state index in [2.05, 4.69) is 55.4 Å². The molecule has 5 nitrogen and oxygen atoms in total. The lowest BCUT2D eigenvalue weighted by Gasteiger charge is -2.19. The number of carboxylic acids is 1. The average molecular weight is 325 g/mol. The van der Waals surface area contributed by atoms with Crippen LogP contribution in [0.3, 0.4) is 0 Å². The fraction of sp³-hybridized carbons (Fsp3) is 0.316. The molecule has 0 aliphatic heterocycles. The van der Waals surface area contributed by atoms with Gasteiger partial charge >= 0.3 is 5.97 Å². The van der Waals surface area contributed by atoms with Gasteiger partial charge in [0.1, 0.15) is 0 Å². The molecule has 2 aromatic carbocycles. The van der Waals surface area contributed by atoms with Crippen molar-refractivity contribution in [1.82, 2.24) is 5.01 Å². The summed E-state index contributed by atoms with van der Waals surface area (Å²) >= 11 is 0. The SMILES string of the molecule is CN(Cc1ccc(C(C)(C)C)cc1)N=Nc1ccc(C(=O)O)cc1. The van der Waals surface area contributed by atoms with E-state index < -0.39 is 5.97 Å². The van der Waals surface area contributed by atoms with Gasteiger partial charge in [-0.05, 0) is 40.8 Å². The Labute approximate surface area is 142 Å². The predicted octanol–water partition coefficient (Wildman–Crippen LogP) is 4.81. The first-order valence-electron chi connectivity index (χ1n) is 7.81. The first-order valence-corrected chi connectivity index (χ1v) is 7.81. The molecule has 0 aliphatic rings. The largest absolute Gasteiger partial charge is 0.478 e. The predicted molar refractivity (Wildman–Crippen MR) is 94.5 cm³/mol. The molecule has 0 bridgehead atoms. The van der Waals surface area contributed by atoms with Gasteiger partial charge in [-0.15, -0.1) is 5.11 Å². The minimum Gasteiger partial charge on any atom is -0.478 e. The molecule has 0 aromatic heterocycles. The Balaban J connectivity index is 1.97. The first kappa shape index (κ1) is 17.7.